The van der Waals surface area contributed by atoms with Gasteiger partial charge in [-0.1, -0.05) is 30.1 Å². The molecule has 1 saturated heterocycles. The topological polar surface area (TPSA) is 154 Å². The molecule has 210 valence electrons. The Kier molecular flexibility index (Phi) is 8.33. The Morgan fingerprint density at radius 2 is 1.90 bits per heavy atom. The molecule has 2 aromatic rings. The van der Waals surface area contributed by atoms with E-state index in [2.05, 4.69) is 20.5 Å². The highest BCUT2D eigenvalue weighted by Crippen LogP contribution is 2.43. The van der Waals surface area contributed by atoms with Crippen molar-refractivity contribution in [2.24, 2.45) is 17.6 Å². The van der Waals surface area contributed by atoms with E-state index in [1.807, 2.05) is 0 Å². The van der Waals surface area contributed by atoms with Gasteiger partial charge in [-0.15, -0.1) is 13.2 Å². The third-order valence-corrected chi connectivity index (χ3v) is 6.78. The van der Waals surface area contributed by atoms with Crippen LogP contribution in [0.5, 0.6) is 0 Å². The molecule has 2 heterocycles. The lowest BCUT2D eigenvalue weighted by molar-refractivity contribution is -0.321. The van der Waals surface area contributed by atoms with Crippen molar-refractivity contribution < 1.29 is 46.0 Å². The summed E-state index contributed by atoms with van der Waals surface area (Å²) in [6.45, 7) is -1.06. The Labute approximate surface area is 219 Å². The van der Waals surface area contributed by atoms with E-state index < -0.39 is 65.9 Å². The van der Waals surface area contributed by atoms with Crippen molar-refractivity contribution in [1.82, 2.24) is 15.8 Å². The zero-order chi connectivity index (χ0) is 28.3. The number of nitrogens with two attached hydrogens (primary N) is 1. The average molecular weight is 554 g/mol. The fourth-order valence-corrected chi connectivity index (χ4v) is 4.63. The van der Waals surface area contributed by atoms with E-state index >= 15 is 0 Å². The molecule has 10 nitrogen and oxygen atoms in total. The molecule has 3 amide bonds. The van der Waals surface area contributed by atoms with Crippen LogP contribution in [0.2, 0.25) is 0 Å². The number of aromatic nitrogens is 1. The van der Waals surface area contributed by atoms with Gasteiger partial charge in [-0.2, -0.15) is 0 Å². The van der Waals surface area contributed by atoms with Crippen LogP contribution in [0.25, 0.3) is 11.3 Å². The van der Waals surface area contributed by atoms with Crippen molar-refractivity contribution in [3.05, 3.63) is 41.3 Å². The van der Waals surface area contributed by atoms with Gasteiger partial charge < -0.3 is 20.9 Å². The van der Waals surface area contributed by atoms with Gasteiger partial charge in [-0.25, -0.2) is 4.39 Å². The Bertz CT molecular complexity index is 1260. The van der Waals surface area contributed by atoms with Gasteiger partial charge in [0.1, 0.15) is 12.4 Å². The van der Waals surface area contributed by atoms with Crippen molar-refractivity contribution in [1.29, 1.82) is 0 Å². The number of nitrogens with one attached hydrogen (secondary N) is 2. The van der Waals surface area contributed by atoms with Crippen LogP contribution in [0.4, 0.5) is 17.6 Å². The summed E-state index contributed by atoms with van der Waals surface area (Å²) in [7, 11) is 0. The second-order valence-electron chi connectivity index (χ2n) is 9.62. The highest BCUT2D eigenvalue weighted by atomic mass is 19.4. The third-order valence-electron chi connectivity index (χ3n) is 6.78. The number of carbonyl (C=O) groups is 4. The van der Waals surface area contributed by atoms with E-state index in [1.165, 1.54) is 18.2 Å². The van der Waals surface area contributed by atoms with Crippen LogP contribution >= 0.6 is 0 Å². The number of nitrogens with zero attached hydrogens (tertiary/aromatic N) is 1. The number of Topliss-reactive ketones (excluding diaryl/α,β-unsaturated/α-hetero) is 1. The number of halogens is 4. The number of alkyl halides is 3. The van der Waals surface area contributed by atoms with Crippen molar-refractivity contribution in [3.8, 4) is 11.3 Å². The van der Waals surface area contributed by atoms with E-state index in [0.717, 1.165) is 18.9 Å². The van der Waals surface area contributed by atoms with E-state index in [0.29, 0.717) is 13.0 Å². The maximum absolute atomic E-state index is 14.7. The minimum absolute atomic E-state index is 0.0492. The first kappa shape index (κ1) is 28.2. The molecular weight excluding hydrogens is 528 g/mol. The monoisotopic (exact) mass is 554 g/mol. The summed E-state index contributed by atoms with van der Waals surface area (Å²) in [5.74, 6) is -6.19. The van der Waals surface area contributed by atoms with Gasteiger partial charge in [0.25, 0.3) is 5.91 Å². The number of amides is 3. The summed E-state index contributed by atoms with van der Waals surface area (Å²) >= 11 is 0. The van der Waals surface area contributed by atoms with Gasteiger partial charge in [-0.05, 0) is 37.3 Å². The SMILES string of the molecule is NC(=O)c1noc(-c2ccccc2F)c1[C@H](CC1CC1)C(=O)N[C@@H](C[C@@H]1CCNC1=O)C(=O)COC(F)(F)F. The summed E-state index contributed by atoms with van der Waals surface area (Å²) in [6, 6.07) is 3.92. The molecule has 39 heavy (non-hydrogen) atoms. The lowest BCUT2D eigenvalue weighted by atomic mass is 9.87. The Morgan fingerprint density at radius 1 is 1.18 bits per heavy atom. The zero-order valence-corrected chi connectivity index (χ0v) is 20.6. The zero-order valence-electron chi connectivity index (χ0n) is 20.6. The minimum Gasteiger partial charge on any atom is -0.364 e. The maximum Gasteiger partial charge on any atom is 0.522 e. The number of hydrogen-bond donors (Lipinski definition) is 3. The molecule has 2 aliphatic rings. The molecule has 1 aromatic heterocycles. The number of carbonyl (C=O) groups excluding carboxylic acids is 4. The van der Waals surface area contributed by atoms with E-state index in [9.17, 15) is 36.7 Å². The van der Waals surface area contributed by atoms with E-state index in [1.54, 1.807) is 0 Å². The highest BCUT2D eigenvalue weighted by molar-refractivity contribution is 5.99. The van der Waals surface area contributed by atoms with Crippen LogP contribution in [0.1, 0.15) is 54.1 Å². The Balaban J connectivity index is 1.68. The second kappa shape index (κ2) is 11.5. The Morgan fingerprint density at radius 3 is 2.49 bits per heavy atom. The molecule has 14 heteroatoms. The lowest BCUT2D eigenvalue weighted by Crippen LogP contribution is -2.46. The summed E-state index contributed by atoms with van der Waals surface area (Å²) < 4.78 is 61.5. The molecule has 1 aliphatic heterocycles. The van der Waals surface area contributed by atoms with Crippen molar-refractivity contribution in [2.45, 2.75) is 50.4 Å². The minimum atomic E-state index is -5.09. The summed E-state index contributed by atoms with van der Waals surface area (Å²) in [4.78, 5) is 50.7. The summed E-state index contributed by atoms with van der Waals surface area (Å²) in [5, 5.41) is 8.69. The number of hydrogen-bond acceptors (Lipinski definition) is 7. The van der Waals surface area contributed by atoms with Crippen LogP contribution in [0.3, 0.4) is 0 Å². The molecular formula is C25H26F4N4O6. The number of rotatable bonds is 12. The van der Waals surface area contributed by atoms with Gasteiger partial charge >= 0.3 is 6.36 Å². The Hall–Kier alpha value is -3.81. The molecule has 0 radical (unpaired) electrons. The van der Waals surface area contributed by atoms with Crippen LogP contribution in [-0.4, -0.2) is 54.2 Å². The quantitative estimate of drug-likeness (QED) is 0.341. The first-order chi connectivity index (χ1) is 18.4. The number of ketones is 1. The highest BCUT2D eigenvalue weighted by Gasteiger charge is 2.40. The molecule has 4 rings (SSSR count). The molecule has 0 bridgehead atoms. The van der Waals surface area contributed by atoms with Crippen LogP contribution < -0.4 is 16.4 Å². The van der Waals surface area contributed by atoms with Crippen molar-refractivity contribution >= 4 is 23.5 Å². The smallest absolute Gasteiger partial charge is 0.364 e. The third kappa shape index (κ3) is 6.99. The predicted molar refractivity (Wildman–Crippen MR) is 125 cm³/mol. The summed E-state index contributed by atoms with van der Waals surface area (Å²) in [5.41, 5.74) is 4.89. The van der Waals surface area contributed by atoms with Gasteiger partial charge in [-0.3, -0.25) is 23.9 Å². The average Bonchev–Trinajstić information content (AvgIpc) is 3.44. The lowest BCUT2D eigenvalue weighted by Gasteiger charge is -2.24. The summed E-state index contributed by atoms with van der Waals surface area (Å²) in [6.07, 6.45) is -3.35. The van der Waals surface area contributed by atoms with Crippen molar-refractivity contribution in [2.75, 3.05) is 13.2 Å². The van der Waals surface area contributed by atoms with E-state index in [-0.39, 0.29) is 35.6 Å². The molecule has 1 aliphatic carbocycles. The van der Waals surface area contributed by atoms with Gasteiger partial charge in [0.2, 0.25) is 11.8 Å². The van der Waals surface area contributed by atoms with Gasteiger partial charge in [0.05, 0.1) is 17.5 Å². The van der Waals surface area contributed by atoms with Crippen molar-refractivity contribution in [3.63, 3.8) is 0 Å². The fourth-order valence-electron chi connectivity index (χ4n) is 4.63. The first-order valence-electron chi connectivity index (χ1n) is 12.3. The standard InChI is InChI=1S/C25H26F4N4O6/c26-16-4-2-1-3-14(16)21-19(20(22(30)35)33-39-21)15(9-12-5-6-12)24(37)32-17(10-13-7-8-31-23(13)36)18(34)11-38-25(27,28)29/h1-4,12-13,15,17H,5-11H2,(H2,30,35)(H,31,36)(H,32,37)/t13-,15-,17-/m0/s1. The number of primary amides is 1. The van der Waals surface area contributed by atoms with Crippen LogP contribution in [-0.2, 0) is 19.1 Å². The van der Waals surface area contributed by atoms with Gasteiger partial charge in [0.15, 0.2) is 17.2 Å². The normalized spacial score (nSPS) is 18.9. The van der Waals surface area contributed by atoms with E-state index in [4.69, 9.17) is 10.3 Å². The fraction of sp³-hybridized carbons (Fsp3) is 0.480. The molecule has 2 fully saturated rings. The van der Waals surface area contributed by atoms with Crippen LogP contribution in [0.15, 0.2) is 28.8 Å². The largest absolute Gasteiger partial charge is 0.522 e. The molecule has 0 spiro atoms. The van der Waals surface area contributed by atoms with Crippen LogP contribution in [0, 0.1) is 17.7 Å². The van der Waals surface area contributed by atoms with Gasteiger partial charge in [0, 0.05) is 18.0 Å². The molecule has 3 atom stereocenters. The molecule has 0 unspecified atom stereocenters. The first-order valence-corrected chi connectivity index (χ1v) is 12.3. The number of ether oxygens (including phenoxy) is 1. The second-order valence-corrected chi connectivity index (χ2v) is 9.62. The molecule has 4 N–H and O–H groups in total. The number of benzene rings is 1. The molecule has 1 saturated carbocycles. The maximum atomic E-state index is 14.7. The molecule has 1 aromatic carbocycles. The predicted octanol–water partition coefficient (Wildman–Crippen LogP) is 2.58.